The highest BCUT2D eigenvalue weighted by molar-refractivity contribution is 9.11. The molecule has 4 nitrogen and oxygen atoms in total. The van der Waals surface area contributed by atoms with E-state index in [-0.39, 0.29) is 17.3 Å². The quantitative estimate of drug-likeness (QED) is 0.742. The summed E-state index contributed by atoms with van der Waals surface area (Å²) in [5, 5.41) is 9.19. The van der Waals surface area contributed by atoms with Crippen molar-refractivity contribution in [1.82, 2.24) is 4.98 Å². The second-order valence-corrected chi connectivity index (χ2v) is 5.92. The maximum absolute atomic E-state index is 12.3. The van der Waals surface area contributed by atoms with E-state index in [1.54, 1.807) is 18.2 Å². The van der Waals surface area contributed by atoms with Crippen molar-refractivity contribution in [2.24, 2.45) is 0 Å². The highest BCUT2D eigenvalue weighted by Gasteiger charge is 2.29. The van der Waals surface area contributed by atoms with Crippen LogP contribution in [0, 0.1) is 0 Å². The average molecular weight is 397 g/mol. The highest BCUT2D eigenvalue weighted by Crippen LogP contribution is 2.40. The zero-order valence-corrected chi connectivity index (χ0v) is 13.1. The first-order chi connectivity index (χ1) is 9.54. The summed E-state index contributed by atoms with van der Waals surface area (Å²) in [6, 6.07) is 6.63. The molecule has 20 heavy (non-hydrogen) atoms. The maximum Gasteiger partial charge on any atom is 0.232 e. The molecular formula is C14H7Br2NO3. The van der Waals surface area contributed by atoms with Crippen LogP contribution in [0.25, 0.3) is 6.08 Å². The number of Topliss-reactive ketones (excluding diaryl/α,β-unsaturated/α-hetero) is 1. The Labute approximate surface area is 131 Å². The molecule has 1 aliphatic rings. The van der Waals surface area contributed by atoms with Crippen LogP contribution in [0.4, 0.5) is 0 Å². The molecule has 0 amide bonds. The predicted octanol–water partition coefficient (Wildman–Crippen LogP) is 3.93. The molecule has 2 aromatic rings. The first-order valence-corrected chi connectivity index (χ1v) is 7.21. The number of ketones is 1. The number of aromatic nitrogens is 1. The lowest BCUT2D eigenvalue weighted by molar-refractivity contribution is 0.101. The van der Waals surface area contributed by atoms with Crippen LogP contribution in [0.3, 0.4) is 0 Å². The summed E-state index contributed by atoms with van der Waals surface area (Å²) in [4.78, 5) is 16.3. The molecule has 0 spiro atoms. The molecule has 0 saturated heterocycles. The van der Waals surface area contributed by atoms with Gasteiger partial charge in [0.15, 0.2) is 11.5 Å². The number of carbonyl (C=O) groups is 1. The van der Waals surface area contributed by atoms with Crippen molar-refractivity contribution in [3.63, 3.8) is 0 Å². The maximum atomic E-state index is 12.3. The van der Waals surface area contributed by atoms with Gasteiger partial charge in [-0.3, -0.25) is 9.78 Å². The first-order valence-electron chi connectivity index (χ1n) is 5.63. The van der Waals surface area contributed by atoms with Gasteiger partial charge in [0, 0.05) is 10.5 Å². The number of benzene rings is 1. The fourth-order valence-electron chi connectivity index (χ4n) is 1.83. The summed E-state index contributed by atoms with van der Waals surface area (Å²) in [6.45, 7) is 0. The molecule has 0 atom stereocenters. The number of hydrogen-bond donors (Lipinski definition) is 1. The van der Waals surface area contributed by atoms with E-state index in [4.69, 9.17) is 4.74 Å². The Balaban J connectivity index is 2.01. The fourth-order valence-corrected chi connectivity index (χ4v) is 3.14. The molecular weight excluding hydrogens is 390 g/mol. The molecule has 6 heteroatoms. The van der Waals surface area contributed by atoms with E-state index in [2.05, 4.69) is 36.8 Å². The number of pyridine rings is 1. The SMILES string of the molecule is O=C1/C(=C/c2ccc(O)cn2)Oc2c(Br)cc(Br)cc21. The lowest BCUT2D eigenvalue weighted by Crippen LogP contribution is -1.98. The van der Waals surface area contributed by atoms with Gasteiger partial charge in [-0.05, 0) is 40.2 Å². The summed E-state index contributed by atoms with van der Waals surface area (Å²) in [6.07, 6.45) is 2.85. The Morgan fingerprint density at radius 3 is 2.75 bits per heavy atom. The Hall–Kier alpha value is -1.66. The summed E-state index contributed by atoms with van der Waals surface area (Å²) in [7, 11) is 0. The molecule has 2 heterocycles. The van der Waals surface area contributed by atoms with Gasteiger partial charge in [0.2, 0.25) is 5.78 Å². The standard InChI is InChI=1S/C14H7Br2NO3/c15-7-3-10-13(19)12(20-14(10)11(16)4-7)5-8-1-2-9(18)6-17-8/h1-6,18H/b12-5-. The normalized spacial score (nSPS) is 15.3. The summed E-state index contributed by atoms with van der Waals surface area (Å²) in [5.41, 5.74) is 1.03. The molecule has 3 rings (SSSR count). The molecule has 100 valence electrons. The minimum Gasteiger partial charge on any atom is -0.506 e. The zero-order valence-electron chi connectivity index (χ0n) is 9.93. The van der Waals surface area contributed by atoms with E-state index in [1.165, 1.54) is 12.3 Å². The average Bonchev–Trinajstić information content (AvgIpc) is 2.71. The number of ether oxygens (including phenoxy) is 1. The van der Waals surface area contributed by atoms with Crippen LogP contribution in [0.15, 0.2) is 45.2 Å². The van der Waals surface area contributed by atoms with Crippen LogP contribution in [0.1, 0.15) is 16.1 Å². The van der Waals surface area contributed by atoms with Gasteiger partial charge in [0.1, 0.15) is 5.75 Å². The van der Waals surface area contributed by atoms with E-state index in [9.17, 15) is 9.90 Å². The van der Waals surface area contributed by atoms with Crippen molar-refractivity contribution < 1.29 is 14.6 Å². The lowest BCUT2D eigenvalue weighted by Gasteiger charge is -2.01. The van der Waals surface area contributed by atoms with Crippen molar-refractivity contribution in [3.05, 3.63) is 56.4 Å². The van der Waals surface area contributed by atoms with Gasteiger partial charge in [-0.25, -0.2) is 0 Å². The fraction of sp³-hybridized carbons (Fsp3) is 0. The van der Waals surface area contributed by atoms with Crippen molar-refractivity contribution in [1.29, 1.82) is 0 Å². The van der Waals surface area contributed by atoms with Gasteiger partial charge in [0.05, 0.1) is 21.9 Å². The van der Waals surface area contributed by atoms with E-state index >= 15 is 0 Å². The van der Waals surface area contributed by atoms with E-state index < -0.39 is 0 Å². The Kier molecular flexibility index (Phi) is 3.35. The van der Waals surface area contributed by atoms with Crippen LogP contribution in [0.5, 0.6) is 11.5 Å². The number of nitrogens with zero attached hydrogens (tertiary/aromatic N) is 1. The first kappa shape index (κ1) is 13.3. The van der Waals surface area contributed by atoms with Crippen LogP contribution >= 0.6 is 31.9 Å². The van der Waals surface area contributed by atoms with E-state index in [0.717, 1.165) is 4.47 Å². The molecule has 0 radical (unpaired) electrons. The van der Waals surface area contributed by atoms with Gasteiger partial charge in [-0.15, -0.1) is 0 Å². The molecule has 0 aliphatic carbocycles. The van der Waals surface area contributed by atoms with Gasteiger partial charge >= 0.3 is 0 Å². The third kappa shape index (κ3) is 2.36. The Morgan fingerprint density at radius 2 is 2.05 bits per heavy atom. The molecule has 0 bridgehead atoms. The second-order valence-electron chi connectivity index (χ2n) is 4.15. The number of fused-ring (bicyclic) bond motifs is 1. The summed E-state index contributed by atoms with van der Waals surface area (Å²) >= 11 is 6.71. The minimum absolute atomic E-state index is 0.0702. The van der Waals surface area contributed by atoms with Crippen LogP contribution in [-0.4, -0.2) is 15.9 Å². The second kappa shape index (κ2) is 5.03. The summed E-state index contributed by atoms with van der Waals surface area (Å²) < 4.78 is 7.08. The lowest BCUT2D eigenvalue weighted by atomic mass is 10.1. The number of rotatable bonds is 1. The van der Waals surface area contributed by atoms with Crippen molar-refractivity contribution in [2.45, 2.75) is 0 Å². The highest BCUT2D eigenvalue weighted by atomic mass is 79.9. The molecule has 1 N–H and O–H groups in total. The monoisotopic (exact) mass is 395 g/mol. The number of halogens is 2. The molecule has 0 fully saturated rings. The van der Waals surface area contributed by atoms with Crippen molar-refractivity contribution >= 4 is 43.7 Å². The number of hydrogen-bond acceptors (Lipinski definition) is 4. The van der Waals surface area contributed by atoms with E-state index in [0.29, 0.717) is 21.5 Å². The number of allylic oxidation sites excluding steroid dienone is 1. The smallest absolute Gasteiger partial charge is 0.232 e. The largest absolute Gasteiger partial charge is 0.506 e. The van der Waals surface area contributed by atoms with Crippen LogP contribution < -0.4 is 4.74 Å². The van der Waals surface area contributed by atoms with Gasteiger partial charge in [-0.2, -0.15) is 0 Å². The third-order valence-electron chi connectivity index (χ3n) is 2.74. The van der Waals surface area contributed by atoms with E-state index in [1.807, 2.05) is 6.07 Å². The molecule has 1 aromatic heterocycles. The minimum atomic E-state index is -0.197. The van der Waals surface area contributed by atoms with Gasteiger partial charge < -0.3 is 9.84 Å². The van der Waals surface area contributed by atoms with Crippen LogP contribution in [-0.2, 0) is 0 Å². The Bertz CT molecular complexity index is 739. The third-order valence-corrected chi connectivity index (χ3v) is 3.79. The Morgan fingerprint density at radius 1 is 1.25 bits per heavy atom. The predicted molar refractivity (Wildman–Crippen MR) is 80.7 cm³/mol. The molecule has 0 saturated carbocycles. The molecule has 0 unspecified atom stereocenters. The topological polar surface area (TPSA) is 59.4 Å². The van der Waals surface area contributed by atoms with Crippen molar-refractivity contribution in [2.75, 3.05) is 0 Å². The molecule has 1 aromatic carbocycles. The zero-order chi connectivity index (χ0) is 14.3. The summed E-state index contributed by atoms with van der Waals surface area (Å²) in [5.74, 6) is 0.581. The van der Waals surface area contributed by atoms with Crippen LogP contribution in [0.2, 0.25) is 0 Å². The number of aromatic hydroxyl groups is 1. The number of carbonyl (C=O) groups excluding carboxylic acids is 1. The van der Waals surface area contributed by atoms with Gasteiger partial charge in [0.25, 0.3) is 0 Å². The van der Waals surface area contributed by atoms with Crippen molar-refractivity contribution in [3.8, 4) is 11.5 Å². The molecule has 1 aliphatic heterocycles. The van der Waals surface area contributed by atoms with Gasteiger partial charge in [-0.1, -0.05) is 15.9 Å².